The number of rotatable bonds is 5. The van der Waals surface area contributed by atoms with Crippen molar-refractivity contribution in [1.82, 2.24) is 9.55 Å². The van der Waals surface area contributed by atoms with Crippen molar-refractivity contribution in [3.8, 4) is 45.3 Å². The lowest BCUT2D eigenvalue weighted by atomic mass is 10.0. The molecular weight excluding hydrogens is 395 g/mol. The van der Waals surface area contributed by atoms with Crippen LogP contribution in [0.15, 0.2) is 115 Å². The minimum Gasteiger partial charge on any atom is -0.653 e. The van der Waals surface area contributed by atoms with Crippen molar-refractivity contribution in [2.75, 3.05) is 0 Å². The van der Waals surface area contributed by atoms with Crippen molar-refractivity contribution in [2.24, 2.45) is 0 Å². The van der Waals surface area contributed by atoms with Gasteiger partial charge < -0.3 is 3.79 Å². The van der Waals surface area contributed by atoms with Gasteiger partial charge in [0.1, 0.15) is 5.82 Å². The molecule has 1 aromatic heterocycles. The lowest BCUT2D eigenvalue weighted by Crippen LogP contribution is -2.01. The number of aromatic nitrogens is 2. The van der Waals surface area contributed by atoms with Crippen LogP contribution in [0.25, 0.3) is 39.6 Å². The molecule has 0 spiro atoms. The van der Waals surface area contributed by atoms with Crippen LogP contribution in [0, 0.1) is 0 Å². The maximum atomic E-state index is 5.61. The van der Waals surface area contributed by atoms with E-state index in [0.717, 1.165) is 45.3 Å². The molecule has 0 unspecified atom stereocenters. The SMILES string of the molecule is [Al][O]c1ccccc1-c1nc(-c2ccccc2)c(-c2ccccc2)n1-c1ccccc1. The summed E-state index contributed by atoms with van der Waals surface area (Å²) in [6, 6.07) is 39.1. The molecule has 146 valence electrons. The van der Waals surface area contributed by atoms with Crippen LogP contribution < -0.4 is 3.79 Å². The summed E-state index contributed by atoms with van der Waals surface area (Å²) in [5.41, 5.74) is 6.14. The van der Waals surface area contributed by atoms with Crippen molar-refractivity contribution < 1.29 is 3.79 Å². The Hall–Kier alpha value is -3.58. The summed E-state index contributed by atoms with van der Waals surface area (Å²) in [4.78, 5) is 5.19. The van der Waals surface area contributed by atoms with E-state index in [1.165, 1.54) is 0 Å². The van der Waals surface area contributed by atoms with Crippen LogP contribution in [-0.2, 0) is 0 Å². The number of hydrogen-bond acceptors (Lipinski definition) is 2. The Bertz CT molecular complexity index is 1300. The maximum Gasteiger partial charge on any atom is 0.482 e. The van der Waals surface area contributed by atoms with E-state index in [1.54, 1.807) is 0 Å². The monoisotopic (exact) mass is 414 g/mol. The summed E-state index contributed by atoms with van der Waals surface area (Å²) in [5, 5.41) is 0. The third kappa shape index (κ3) is 3.68. The van der Waals surface area contributed by atoms with Gasteiger partial charge in [0.2, 0.25) is 0 Å². The fourth-order valence-corrected chi connectivity index (χ4v) is 4.05. The van der Waals surface area contributed by atoms with Gasteiger partial charge in [-0.2, -0.15) is 0 Å². The van der Waals surface area contributed by atoms with E-state index in [9.17, 15) is 0 Å². The molecule has 5 rings (SSSR count). The van der Waals surface area contributed by atoms with Gasteiger partial charge in [-0.15, -0.1) is 0 Å². The third-order valence-electron chi connectivity index (χ3n) is 5.24. The fraction of sp³-hybridized carbons (Fsp3) is 0. The lowest BCUT2D eigenvalue weighted by molar-refractivity contribution is 0.617. The summed E-state index contributed by atoms with van der Waals surface area (Å²) >= 11 is 2.35. The van der Waals surface area contributed by atoms with E-state index < -0.39 is 0 Å². The molecule has 0 fully saturated rings. The molecule has 0 saturated heterocycles. The second-order valence-electron chi connectivity index (χ2n) is 7.15. The van der Waals surface area contributed by atoms with Crippen molar-refractivity contribution in [3.63, 3.8) is 0 Å². The Labute approximate surface area is 190 Å². The first-order valence-corrected chi connectivity index (χ1v) is 10.6. The van der Waals surface area contributed by atoms with E-state index in [0.29, 0.717) is 0 Å². The zero-order valence-corrected chi connectivity index (χ0v) is 18.0. The highest BCUT2D eigenvalue weighted by Crippen LogP contribution is 2.40. The maximum absolute atomic E-state index is 5.61. The predicted octanol–water partition coefficient (Wildman–Crippen LogP) is 6.34. The molecule has 3 nitrogen and oxygen atoms in total. The van der Waals surface area contributed by atoms with E-state index in [4.69, 9.17) is 8.77 Å². The molecule has 0 amide bonds. The zero-order chi connectivity index (χ0) is 21.0. The van der Waals surface area contributed by atoms with Crippen LogP contribution in [0.5, 0.6) is 5.75 Å². The first kappa shape index (κ1) is 19.4. The van der Waals surface area contributed by atoms with Gasteiger partial charge in [0.25, 0.3) is 0 Å². The normalized spacial score (nSPS) is 10.7. The van der Waals surface area contributed by atoms with Gasteiger partial charge in [-0.05, 0) is 24.3 Å². The van der Waals surface area contributed by atoms with E-state index in [-0.39, 0.29) is 0 Å². The Morgan fingerprint density at radius 1 is 0.613 bits per heavy atom. The van der Waals surface area contributed by atoms with Crippen LogP contribution in [0.4, 0.5) is 0 Å². The second kappa shape index (κ2) is 8.65. The van der Waals surface area contributed by atoms with Crippen molar-refractivity contribution in [3.05, 3.63) is 115 Å². The number of imidazole rings is 1. The number of para-hydroxylation sites is 2. The highest BCUT2D eigenvalue weighted by Gasteiger charge is 2.23. The molecule has 4 heteroatoms. The lowest BCUT2D eigenvalue weighted by Gasteiger charge is -2.15. The Morgan fingerprint density at radius 3 is 1.81 bits per heavy atom. The first-order chi connectivity index (χ1) is 15.4. The van der Waals surface area contributed by atoms with Crippen molar-refractivity contribution in [2.45, 2.75) is 0 Å². The van der Waals surface area contributed by atoms with Crippen molar-refractivity contribution >= 4 is 16.6 Å². The van der Waals surface area contributed by atoms with Crippen LogP contribution in [0.3, 0.4) is 0 Å². The Kier molecular flexibility index (Phi) is 5.41. The average molecular weight is 414 g/mol. The standard InChI is InChI=1S/C27H20N2O.Al/c30-24-19-11-10-18-23(24)27-28-25(20-12-4-1-5-13-20)26(21-14-6-2-7-15-21)29(27)22-16-8-3-9-17-22;/h1-19,30H;/q;+1/p-1. The molecule has 5 aromatic rings. The van der Waals surface area contributed by atoms with Crippen LogP contribution in [0.1, 0.15) is 0 Å². The third-order valence-corrected chi connectivity index (χ3v) is 5.50. The summed E-state index contributed by atoms with van der Waals surface area (Å²) in [5.74, 6) is 1.59. The van der Waals surface area contributed by atoms with Gasteiger partial charge in [-0.3, -0.25) is 4.57 Å². The van der Waals surface area contributed by atoms with Crippen LogP contribution >= 0.6 is 0 Å². The van der Waals surface area contributed by atoms with Crippen LogP contribution in [0.2, 0.25) is 0 Å². The predicted molar refractivity (Wildman–Crippen MR) is 126 cm³/mol. The summed E-state index contributed by atoms with van der Waals surface area (Å²) in [6.07, 6.45) is 0. The topological polar surface area (TPSA) is 27.1 Å². The molecule has 2 radical (unpaired) electrons. The van der Waals surface area contributed by atoms with Gasteiger partial charge in [0.05, 0.1) is 22.7 Å². The van der Waals surface area contributed by atoms with Gasteiger partial charge >= 0.3 is 16.6 Å². The van der Waals surface area contributed by atoms with Crippen molar-refractivity contribution in [1.29, 1.82) is 0 Å². The summed E-state index contributed by atoms with van der Waals surface area (Å²) in [7, 11) is 0. The molecule has 0 aliphatic rings. The zero-order valence-electron chi connectivity index (χ0n) is 16.8. The molecule has 4 aromatic carbocycles. The number of nitrogens with zero attached hydrogens (tertiary/aromatic N) is 2. The van der Waals surface area contributed by atoms with Gasteiger partial charge in [0, 0.05) is 16.8 Å². The fourth-order valence-electron chi connectivity index (χ4n) is 3.84. The van der Waals surface area contributed by atoms with Gasteiger partial charge in [-0.25, -0.2) is 4.98 Å². The number of hydrogen-bond donors (Lipinski definition) is 0. The largest absolute Gasteiger partial charge is 0.653 e. The van der Waals surface area contributed by atoms with Gasteiger partial charge in [-0.1, -0.05) is 91.0 Å². The van der Waals surface area contributed by atoms with Gasteiger partial charge in [0.15, 0.2) is 0 Å². The Balaban J connectivity index is 1.91. The summed E-state index contributed by atoms with van der Waals surface area (Å²) < 4.78 is 7.84. The minimum absolute atomic E-state index is 0.758. The molecule has 0 atom stereocenters. The molecular formula is C27H19AlN2O. The van der Waals surface area contributed by atoms with Crippen LogP contribution in [-0.4, -0.2) is 26.2 Å². The molecule has 0 bridgehead atoms. The highest BCUT2D eigenvalue weighted by molar-refractivity contribution is 6.00. The highest BCUT2D eigenvalue weighted by atomic mass is 27.1. The van der Waals surface area contributed by atoms with E-state index in [1.807, 2.05) is 66.7 Å². The summed E-state index contributed by atoms with van der Waals surface area (Å²) in [6.45, 7) is 0. The number of benzene rings is 4. The molecule has 0 aliphatic heterocycles. The molecule has 31 heavy (non-hydrogen) atoms. The van der Waals surface area contributed by atoms with E-state index >= 15 is 0 Å². The minimum atomic E-state index is 0.758. The first-order valence-electron chi connectivity index (χ1n) is 10.1. The molecule has 0 saturated carbocycles. The quantitative estimate of drug-likeness (QED) is 0.314. The smallest absolute Gasteiger partial charge is 0.482 e. The molecule has 0 aliphatic carbocycles. The molecule has 1 heterocycles. The second-order valence-corrected chi connectivity index (χ2v) is 7.39. The average Bonchev–Trinajstić information content (AvgIpc) is 3.26. The van der Waals surface area contributed by atoms with E-state index in [2.05, 4.69) is 69.7 Å². The Morgan fingerprint density at radius 2 is 1.16 bits per heavy atom. The molecule has 0 N–H and O–H groups in total.